The number of allylic oxidation sites excluding steroid dienone is 6. The number of fused-ring (bicyclic) bond motifs is 1. The Balaban J connectivity index is 1.85. The fourth-order valence-electron chi connectivity index (χ4n) is 2.89. The molecule has 106 valence electrons. The van der Waals surface area contributed by atoms with Crippen molar-refractivity contribution in [3.05, 3.63) is 96.6 Å². The summed E-state index contributed by atoms with van der Waals surface area (Å²) in [7, 11) is 0. The van der Waals surface area contributed by atoms with Gasteiger partial charge in [-0.05, 0) is 28.6 Å². The molecule has 1 aliphatic rings. The number of rotatable bonds is 2. The molecule has 0 nitrogen and oxygen atoms in total. The summed E-state index contributed by atoms with van der Waals surface area (Å²) in [4.78, 5) is 1.34. The van der Waals surface area contributed by atoms with E-state index in [1.807, 2.05) is 11.3 Å². The van der Waals surface area contributed by atoms with Gasteiger partial charge in [-0.2, -0.15) is 0 Å². The van der Waals surface area contributed by atoms with Crippen molar-refractivity contribution in [1.29, 1.82) is 0 Å². The standard InChI is InChI=1S/C21H16S/c1-2-4-10-16(9-3-1)18-12-6-7-13-19(18)21-15-17-11-5-8-14-20(17)22-21/h1-16H. The molecular formula is C21H16S. The summed E-state index contributed by atoms with van der Waals surface area (Å²) in [5.74, 6) is 0.330. The molecular weight excluding hydrogens is 284 g/mol. The zero-order valence-corrected chi connectivity index (χ0v) is 13.0. The summed E-state index contributed by atoms with van der Waals surface area (Å²) in [5.41, 5.74) is 2.70. The van der Waals surface area contributed by atoms with Crippen molar-refractivity contribution >= 4 is 21.4 Å². The molecule has 0 radical (unpaired) electrons. The van der Waals surface area contributed by atoms with Gasteiger partial charge in [0.1, 0.15) is 0 Å². The minimum absolute atomic E-state index is 0.330. The van der Waals surface area contributed by atoms with E-state index >= 15 is 0 Å². The van der Waals surface area contributed by atoms with Gasteiger partial charge in [-0.1, -0.05) is 78.9 Å². The van der Waals surface area contributed by atoms with Gasteiger partial charge >= 0.3 is 0 Å². The number of hydrogen-bond acceptors (Lipinski definition) is 1. The van der Waals surface area contributed by atoms with Gasteiger partial charge in [-0.15, -0.1) is 11.3 Å². The molecule has 1 aromatic heterocycles. The van der Waals surface area contributed by atoms with Crippen LogP contribution in [0, 0.1) is 0 Å². The van der Waals surface area contributed by atoms with Gasteiger partial charge in [0.15, 0.2) is 0 Å². The fourth-order valence-corrected chi connectivity index (χ4v) is 4.00. The summed E-state index contributed by atoms with van der Waals surface area (Å²) < 4.78 is 1.35. The van der Waals surface area contributed by atoms with Gasteiger partial charge in [0.2, 0.25) is 0 Å². The summed E-state index contributed by atoms with van der Waals surface area (Å²) in [5, 5.41) is 1.32. The van der Waals surface area contributed by atoms with Crippen LogP contribution in [0.3, 0.4) is 0 Å². The molecule has 0 atom stereocenters. The maximum atomic E-state index is 2.31. The van der Waals surface area contributed by atoms with Crippen molar-refractivity contribution in [2.45, 2.75) is 5.92 Å². The number of thiophene rings is 1. The molecule has 1 heteroatoms. The molecule has 0 saturated carbocycles. The van der Waals surface area contributed by atoms with Crippen LogP contribution in [0.1, 0.15) is 11.5 Å². The van der Waals surface area contributed by atoms with Crippen LogP contribution < -0.4 is 0 Å². The molecule has 3 aromatic rings. The van der Waals surface area contributed by atoms with E-state index in [2.05, 4.69) is 91.1 Å². The first-order valence-electron chi connectivity index (χ1n) is 7.51. The Morgan fingerprint density at radius 2 is 1.45 bits per heavy atom. The van der Waals surface area contributed by atoms with E-state index in [0.29, 0.717) is 5.92 Å². The lowest BCUT2D eigenvalue weighted by atomic mass is 9.93. The van der Waals surface area contributed by atoms with E-state index in [0.717, 1.165) is 0 Å². The van der Waals surface area contributed by atoms with Gasteiger partial charge in [-0.25, -0.2) is 0 Å². The van der Waals surface area contributed by atoms with Crippen LogP contribution >= 0.6 is 11.3 Å². The highest BCUT2D eigenvalue weighted by atomic mass is 32.1. The molecule has 1 aliphatic carbocycles. The van der Waals surface area contributed by atoms with E-state index in [1.165, 1.54) is 26.1 Å². The molecule has 2 aromatic carbocycles. The van der Waals surface area contributed by atoms with E-state index in [9.17, 15) is 0 Å². The highest BCUT2D eigenvalue weighted by Gasteiger charge is 2.13. The van der Waals surface area contributed by atoms with Crippen LogP contribution in [0.2, 0.25) is 0 Å². The van der Waals surface area contributed by atoms with Gasteiger partial charge in [-0.3, -0.25) is 0 Å². The quantitative estimate of drug-likeness (QED) is 0.518. The second-order valence-corrected chi connectivity index (χ2v) is 6.50. The molecule has 0 fully saturated rings. The predicted molar refractivity (Wildman–Crippen MR) is 97.4 cm³/mol. The summed E-state index contributed by atoms with van der Waals surface area (Å²) in [6.45, 7) is 0. The van der Waals surface area contributed by atoms with Crippen molar-refractivity contribution < 1.29 is 0 Å². The van der Waals surface area contributed by atoms with Gasteiger partial charge in [0.25, 0.3) is 0 Å². The first kappa shape index (κ1) is 13.3. The third kappa shape index (κ3) is 2.44. The number of benzene rings is 2. The average Bonchev–Trinajstić information content (AvgIpc) is 2.81. The lowest BCUT2D eigenvalue weighted by Crippen LogP contribution is -1.93. The maximum Gasteiger partial charge on any atom is 0.0358 e. The van der Waals surface area contributed by atoms with E-state index < -0.39 is 0 Å². The third-order valence-corrected chi connectivity index (χ3v) is 5.13. The SMILES string of the molecule is C1=CC=CC(c2ccccc2-c2cc3ccccc3s2)C=C1. The maximum absolute atomic E-state index is 2.31. The van der Waals surface area contributed by atoms with E-state index in [1.54, 1.807) is 0 Å². The van der Waals surface area contributed by atoms with Gasteiger partial charge in [0.05, 0.1) is 0 Å². The molecule has 22 heavy (non-hydrogen) atoms. The highest BCUT2D eigenvalue weighted by molar-refractivity contribution is 7.22. The minimum atomic E-state index is 0.330. The van der Waals surface area contributed by atoms with Crippen LogP contribution in [0.4, 0.5) is 0 Å². The Labute approximate surface area is 134 Å². The Bertz CT molecular complexity index is 844. The first-order chi connectivity index (χ1) is 10.9. The molecule has 0 amide bonds. The van der Waals surface area contributed by atoms with Crippen LogP contribution in [0.5, 0.6) is 0 Å². The lowest BCUT2D eigenvalue weighted by Gasteiger charge is -2.13. The van der Waals surface area contributed by atoms with Crippen LogP contribution in [0.25, 0.3) is 20.5 Å². The summed E-state index contributed by atoms with van der Waals surface area (Å²) >= 11 is 1.87. The van der Waals surface area contributed by atoms with Gasteiger partial charge < -0.3 is 0 Å². The monoisotopic (exact) mass is 300 g/mol. The minimum Gasteiger partial charge on any atom is -0.135 e. The smallest absolute Gasteiger partial charge is 0.0358 e. The van der Waals surface area contributed by atoms with Crippen molar-refractivity contribution in [1.82, 2.24) is 0 Å². The van der Waals surface area contributed by atoms with Crippen molar-refractivity contribution in [3.8, 4) is 10.4 Å². The van der Waals surface area contributed by atoms with E-state index in [4.69, 9.17) is 0 Å². The lowest BCUT2D eigenvalue weighted by molar-refractivity contribution is 1.09. The molecule has 0 saturated heterocycles. The topological polar surface area (TPSA) is 0 Å². The Hall–Kier alpha value is -2.38. The molecule has 0 N–H and O–H groups in total. The van der Waals surface area contributed by atoms with Crippen LogP contribution in [-0.2, 0) is 0 Å². The van der Waals surface area contributed by atoms with Crippen molar-refractivity contribution in [2.75, 3.05) is 0 Å². The Morgan fingerprint density at radius 1 is 0.727 bits per heavy atom. The predicted octanol–water partition coefficient (Wildman–Crippen LogP) is 6.33. The first-order valence-corrected chi connectivity index (χ1v) is 8.33. The van der Waals surface area contributed by atoms with E-state index in [-0.39, 0.29) is 0 Å². The zero-order chi connectivity index (χ0) is 14.8. The second kappa shape index (κ2) is 5.78. The van der Waals surface area contributed by atoms with Crippen molar-refractivity contribution in [3.63, 3.8) is 0 Å². The Morgan fingerprint density at radius 3 is 2.27 bits per heavy atom. The highest BCUT2D eigenvalue weighted by Crippen LogP contribution is 2.38. The Kier molecular flexibility index (Phi) is 3.49. The average molecular weight is 300 g/mol. The molecule has 0 spiro atoms. The zero-order valence-electron chi connectivity index (χ0n) is 12.1. The largest absolute Gasteiger partial charge is 0.135 e. The van der Waals surface area contributed by atoms with Crippen LogP contribution in [0.15, 0.2) is 91.1 Å². The molecule has 1 heterocycles. The third-order valence-electron chi connectivity index (χ3n) is 3.98. The molecule has 0 unspecified atom stereocenters. The second-order valence-electron chi connectivity index (χ2n) is 5.42. The normalized spacial score (nSPS) is 14.5. The number of hydrogen-bond donors (Lipinski definition) is 0. The molecule has 0 aliphatic heterocycles. The van der Waals surface area contributed by atoms with Crippen LogP contribution in [-0.4, -0.2) is 0 Å². The summed E-state index contributed by atoms with van der Waals surface area (Å²) in [6, 6.07) is 19.6. The molecule has 0 bridgehead atoms. The molecule has 4 rings (SSSR count). The fraction of sp³-hybridized carbons (Fsp3) is 0.0476. The van der Waals surface area contributed by atoms with Crippen molar-refractivity contribution in [2.24, 2.45) is 0 Å². The van der Waals surface area contributed by atoms with Gasteiger partial charge in [0, 0.05) is 15.5 Å². The summed E-state index contributed by atoms with van der Waals surface area (Å²) in [6.07, 6.45) is 12.9.